The Morgan fingerprint density at radius 1 is 1.19 bits per heavy atom. The molecule has 0 atom stereocenters. The predicted octanol–water partition coefficient (Wildman–Crippen LogP) is 1.61. The van der Waals surface area contributed by atoms with E-state index in [-0.39, 0.29) is 6.79 Å². The first-order valence-electron chi connectivity index (χ1n) is 4.94. The molecular weight excluding hydrogens is 206 g/mol. The van der Waals surface area contributed by atoms with Crippen LogP contribution in [-0.2, 0) is 0 Å². The van der Waals surface area contributed by atoms with Gasteiger partial charge in [0.25, 0.3) is 0 Å². The molecule has 5 nitrogen and oxygen atoms in total. The summed E-state index contributed by atoms with van der Waals surface area (Å²) in [6.07, 6.45) is 3.54. The second kappa shape index (κ2) is 2.63. The summed E-state index contributed by atoms with van der Waals surface area (Å²) < 4.78 is 12.5. The molecule has 0 saturated carbocycles. The van der Waals surface area contributed by atoms with Crippen molar-refractivity contribution in [1.29, 1.82) is 0 Å². The summed E-state index contributed by atoms with van der Waals surface area (Å²) in [7, 11) is 0. The molecule has 1 aromatic carbocycles. The third-order valence-corrected chi connectivity index (χ3v) is 2.71. The van der Waals surface area contributed by atoms with Crippen molar-refractivity contribution in [2.45, 2.75) is 0 Å². The first-order chi connectivity index (χ1) is 7.92. The van der Waals surface area contributed by atoms with Gasteiger partial charge in [0.15, 0.2) is 17.1 Å². The van der Waals surface area contributed by atoms with Crippen LogP contribution in [0.5, 0.6) is 11.5 Å². The van der Waals surface area contributed by atoms with Crippen LogP contribution in [-0.4, -0.2) is 21.4 Å². The van der Waals surface area contributed by atoms with Crippen LogP contribution in [0.15, 0.2) is 30.6 Å². The van der Waals surface area contributed by atoms with Gasteiger partial charge in [0.2, 0.25) is 6.79 Å². The molecule has 0 unspecified atom stereocenters. The third-order valence-electron chi connectivity index (χ3n) is 2.71. The Hall–Kier alpha value is -2.30. The Morgan fingerprint density at radius 2 is 2.06 bits per heavy atom. The first kappa shape index (κ1) is 7.92. The summed E-state index contributed by atoms with van der Waals surface area (Å²) in [5.74, 6) is 1.52. The zero-order valence-corrected chi connectivity index (χ0v) is 8.25. The molecule has 0 saturated heterocycles. The Morgan fingerprint density at radius 3 is 3.00 bits per heavy atom. The second-order valence-electron chi connectivity index (χ2n) is 3.62. The van der Waals surface area contributed by atoms with Gasteiger partial charge in [0, 0.05) is 23.7 Å². The highest BCUT2D eigenvalue weighted by molar-refractivity contribution is 5.84. The molecule has 3 heterocycles. The van der Waals surface area contributed by atoms with E-state index in [1.165, 1.54) is 0 Å². The third kappa shape index (κ3) is 0.894. The number of fused-ring (bicyclic) bond motifs is 4. The number of nitrogens with zero attached hydrogens (tertiary/aromatic N) is 3. The molecule has 16 heavy (non-hydrogen) atoms. The quantitative estimate of drug-likeness (QED) is 0.569. The normalized spacial score (nSPS) is 13.8. The van der Waals surface area contributed by atoms with E-state index in [2.05, 4.69) is 10.1 Å². The number of ether oxygens (including phenoxy) is 2. The van der Waals surface area contributed by atoms with Gasteiger partial charge in [-0.05, 0) is 6.07 Å². The maximum absolute atomic E-state index is 5.35. The molecule has 1 aliphatic heterocycles. The van der Waals surface area contributed by atoms with E-state index in [1.54, 1.807) is 10.7 Å². The first-order valence-corrected chi connectivity index (χ1v) is 4.94. The molecule has 0 amide bonds. The van der Waals surface area contributed by atoms with Crippen molar-refractivity contribution in [2.24, 2.45) is 0 Å². The minimum atomic E-state index is 0.279. The summed E-state index contributed by atoms with van der Waals surface area (Å²) in [5.41, 5.74) is 1.80. The van der Waals surface area contributed by atoms with Crippen molar-refractivity contribution in [2.75, 3.05) is 6.79 Å². The molecule has 2 aromatic heterocycles. The lowest BCUT2D eigenvalue weighted by Gasteiger charge is -2.02. The van der Waals surface area contributed by atoms with Crippen LogP contribution in [0.25, 0.3) is 16.6 Å². The van der Waals surface area contributed by atoms with Gasteiger partial charge in [-0.1, -0.05) is 0 Å². The SMILES string of the molecule is c1cc2ncc3cc4c(cc3n2n1)OCO4. The van der Waals surface area contributed by atoms with Crippen LogP contribution in [0.3, 0.4) is 0 Å². The lowest BCUT2D eigenvalue weighted by Crippen LogP contribution is -1.93. The molecule has 78 valence electrons. The van der Waals surface area contributed by atoms with E-state index in [0.717, 1.165) is 28.0 Å². The van der Waals surface area contributed by atoms with Crippen molar-refractivity contribution in [3.05, 3.63) is 30.6 Å². The molecule has 4 rings (SSSR count). The fourth-order valence-corrected chi connectivity index (χ4v) is 1.95. The second-order valence-corrected chi connectivity index (χ2v) is 3.62. The number of benzene rings is 1. The molecule has 0 spiro atoms. The Kier molecular flexibility index (Phi) is 1.30. The maximum atomic E-state index is 5.35. The molecular formula is C11H7N3O2. The molecule has 5 heteroatoms. The fourth-order valence-electron chi connectivity index (χ4n) is 1.95. The van der Waals surface area contributed by atoms with E-state index < -0.39 is 0 Å². The van der Waals surface area contributed by atoms with Gasteiger partial charge < -0.3 is 9.47 Å². The van der Waals surface area contributed by atoms with Crippen LogP contribution in [0.1, 0.15) is 0 Å². The van der Waals surface area contributed by atoms with Crippen LogP contribution in [0.4, 0.5) is 0 Å². The molecule has 0 N–H and O–H groups in total. The fraction of sp³-hybridized carbons (Fsp3) is 0.0909. The van der Waals surface area contributed by atoms with Crippen molar-refractivity contribution >= 4 is 16.6 Å². The van der Waals surface area contributed by atoms with E-state index in [1.807, 2.05) is 24.4 Å². The van der Waals surface area contributed by atoms with Gasteiger partial charge in [-0.15, -0.1) is 0 Å². The number of aromatic nitrogens is 3. The Labute approximate surface area is 90.2 Å². The average Bonchev–Trinajstić information content (AvgIpc) is 2.94. The van der Waals surface area contributed by atoms with Gasteiger partial charge >= 0.3 is 0 Å². The van der Waals surface area contributed by atoms with Crippen molar-refractivity contribution < 1.29 is 9.47 Å². The van der Waals surface area contributed by atoms with E-state index in [9.17, 15) is 0 Å². The highest BCUT2D eigenvalue weighted by atomic mass is 16.7. The number of hydrogen-bond donors (Lipinski definition) is 0. The van der Waals surface area contributed by atoms with Crippen molar-refractivity contribution in [1.82, 2.24) is 14.6 Å². The summed E-state index contributed by atoms with van der Waals surface area (Å²) in [6.45, 7) is 0.279. The highest BCUT2D eigenvalue weighted by Gasteiger charge is 2.15. The van der Waals surface area contributed by atoms with E-state index >= 15 is 0 Å². The summed E-state index contributed by atoms with van der Waals surface area (Å²) in [4.78, 5) is 4.30. The standard InChI is InChI=1S/C11H7N3O2/c1-2-13-14-8-4-10-9(15-6-16-10)3-7(8)5-12-11(1)14/h1-5H,6H2. The van der Waals surface area contributed by atoms with Gasteiger partial charge in [-0.25, -0.2) is 9.50 Å². The summed E-state index contributed by atoms with van der Waals surface area (Å²) in [5, 5.41) is 5.22. The minimum absolute atomic E-state index is 0.279. The molecule has 0 bridgehead atoms. The zero-order chi connectivity index (χ0) is 10.5. The number of hydrogen-bond acceptors (Lipinski definition) is 4. The molecule has 3 aromatic rings. The Bertz CT molecular complexity index is 705. The molecule has 0 fully saturated rings. The topological polar surface area (TPSA) is 48.7 Å². The lowest BCUT2D eigenvalue weighted by molar-refractivity contribution is 0.174. The smallest absolute Gasteiger partial charge is 0.231 e. The maximum Gasteiger partial charge on any atom is 0.231 e. The highest BCUT2D eigenvalue weighted by Crippen LogP contribution is 2.35. The van der Waals surface area contributed by atoms with Crippen LogP contribution in [0.2, 0.25) is 0 Å². The van der Waals surface area contributed by atoms with Gasteiger partial charge in [0.1, 0.15) is 0 Å². The molecule has 0 radical (unpaired) electrons. The zero-order valence-electron chi connectivity index (χ0n) is 8.25. The monoisotopic (exact) mass is 213 g/mol. The van der Waals surface area contributed by atoms with Gasteiger partial charge in [-0.3, -0.25) is 0 Å². The average molecular weight is 213 g/mol. The van der Waals surface area contributed by atoms with Gasteiger partial charge in [-0.2, -0.15) is 5.10 Å². The van der Waals surface area contributed by atoms with Crippen LogP contribution < -0.4 is 9.47 Å². The van der Waals surface area contributed by atoms with Crippen LogP contribution in [0, 0.1) is 0 Å². The summed E-state index contributed by atoms with van der Waals surface area (Å²) in [6, 6.07) is 5.72. The minimum Gasteiger partial charge on any atom is -0.454 e. The predicted molar refractivity (Wildman–Crippen MR) is 56.6 cm³/mol. The molecule has 1 aliphatic rings. The van der Waals surface area contributed by atoms with Crippen LogP contribution >= 0.6 is 0 Å². The van der Waals surface area contributed by atoms with Gasteiger partial charge in [0.05, 0.1) is 11.7 Å². The van der Waals surface area contributed by atoms with E-state index in [0.29, 0.717) is 0 Å². The lowest BCUT2D eigenvalue weighted by atomic mass is 10.2. The van der Waals surface area contributed by atoms with Crippen molar-refractivity contribution in [3.8, 4) is 11.5 Å². The Balaban J connectivity index is 2.20. The largest absolute Gasteiger partial charge is 0.454 e. The van der Waals surface area contributed by atoms with Crippen molar-refractivity contribution in [3.63, 3.8) is 0 Å². The molecule has 0 aliphatic carbocycles. The van der Waals surface area contributed by atoms with E-state index in [4.69, 9.17) is 9.47 Å². The summed E-state index contributed by atoms with van der Waals surface area (Å²) >= 11 is 0. The number of rotatable bonds is 0.